The van der Waals surface area contributed by atoms with Gasteiger partial charge in [0.1, 0.15) is 23.7 Å². The molecule has 0 N–H and O–H groups in total. The van der Waals surface area contributed by atoms with Gasteiger partial charge >= 0.3 is 6.01 Å². The van der Waals surface area contributed by atoms with E-state index in [-0.39, 0.29) is 30.4 Å². The molecule has 6 rings (SSSR count). The summed E-state index contributed by atoms with van der Waals surface area (Å²) in [7, 11) is 0. The smallest absolute Gasteiger partial charge is 0.319 e. The highest BCUT2D eigenvalue weighted by atomic mass is 35.5. The van der Waals surface area contributed by atoms with Gasteiger partial charge in [-0.05, 0) is 45.1 Å². The van der Waals surface area contributed by atoms with E-state index in [4.69, 9.17) is 35.7 Å². The molecule has 172 valence electrons. The first-order valence-corrected chi connectivity index (χ1v) is 12.3. The summed E-state index contributed by atoms with van der Waals surface area (Å²) in [6.07, 6.45) is 5.30. The number of hydrogen-bond acceptors (Lipinski definition) is 6. The Morgan fingerprint density at radius 2 is 2.19 bits per heavy atom. The molecule has 6 nitrogen and oxygen atoms in total. The zero-order valence-corrected chi connectivity index (χ0v) is 19.5. The van der Waals surface area contributed by atoms with Crippen molar-refractivity contribution in [3.63, 3.8) is 0 Å². The number of hydrogen-bond donors (Lipinski definition) is 0. The van der Waals surface area contributed by atoms with Crippen LogP contribution in [-0.2, 0) is 0 Å². The van der Waals surface area contributed by atoms with Crippen molar-refractivity contribution >= 4 is 39.9 Å². The number of fused-ring (bicyclic) bond motifs is 3. The third-order valence-corrected chi connectivity index (χ3v) is 8.62. The Morgan fingerprint density at radius 3 is 3.06 bits per heavy atom. The van der Waals surface area contributed by atoms with E-state index < -0.39 is 18.3 Å². The number of halogens is 3. The minimum Gasteiger partial charge on any atom is -0.461 e. The highest BCUT2D eigenvalue weighted by Crippen LogP contribution is 2.49. The Balaban J connectivity index is 1.44. The molecule has 9 heteroatoms. The summed E-state index contributed by atoms with van der Waals surface area (Å²) >= 11 is 13.0. The molecule has 0 aromatic carbocycles. The molecule has 0 amide bonds. The van der Waals surface area contributed by atoms with Crippen LogP contribution in [0, 0.1) is 12.8 Å². The van der Waals surface area contributed by atoms with Gasteiger partial charge < -0.3 is 9.64 Å². The largest absolute Gasteiger partial charge is 0.461 e. The molecule has 0 unspecified atom stereocenters. The Labute approximate surface area is 200 Å². The number of pyridine rings is 1. The molecule has 4 aliphatic rings. The van der Waals surface area contributed by atoms with E-state index in [0.717, 1.165) is 37.6 Å². The van der Waals surface area contributed by atoms with Crippen LogP contribution in [-0.4, -0.2) is 69.2 Å². The molecule has 0 spiro atoms. The molecular formula is C23H28Cl2FN5O. The maximum Gasteiger partial charge on any atom is 0.319 e. The van der Waals surface area contributed by atoms with Gasteiger partial charge in [-0.3, -0.25) is 4.90 Å². The molecule has 0 bridgehead atoms. The Morgan fingerprint density at radius 1 is 1.31 bits per heavy atom. The predicted octanol–water partition coefficient (Wildman–Crippen LogP) is 4.54. The molecule has 5 atom stereocenters. The van der Waals surface area contributed by atoms with E-state index in [9.17, 15) is 4.39 Å². The standard InChI is InChI=1S/C23H28Cl2FN5O/c1-13-18-16(10-27-20(13)25)21(31-8-3-2-5-15-17(24)19(15)31)29-22(28-18)32-12-23-6-4-7-30(23)11-14(26)9-23/h10,14-15,17,19H,2-9,11-12H2,1H3/t14-,15+,17+,19+,23+/m1/s1/i12D2. The fourth-order valence-corrected chi connectivity index (χ4v) is 6.58. The number of ether oxygens (including phenoxy) is 1. The molecule has 1 aliphatic carbocycles. The van der Waals surface area contributed by atoms with Crippen LogP contribution < -0.4 is 9.64 Å². The normalized spacial score (nSPS) is 35.8. The molecule has 0 radical (unpaired) electrons. The van der Waals surface area contributed by atoms with Gasteiger partial charge in [0.25, 0.3) is 0 Å². The van der Waals surface area contributed by atoms with Crippen molar-refractivity contribution in [3.05, 3.63) is 16.9 Å². The second kappa shape index (κ2) is 7.81. The second-order valence-electron chi connectivity index (χ2n) is 9.64. The lowest BCUT2D eigenvalue weighted by Gasteiger charge is -2.31. The van der Waals surface area contributed by atoms with Crippen LogP contribution in [0.15, 0.2) is 6.20 Å². The van der Waals surface area contributed by atoms with Gasteiger partial charge in [-0.15, -0.1) is 11.6 Å². The quantitative estimate of drug-likeness (QED) is 0.471. The van der Waals surface area contributed by atoms with Gasteiger partial charge in [0.05, 0.1) is 30.6 Å². The maximum atomic E-state index is 14.4. The van der Waals surface area contributed by atoms with Crippen LogP contribution in [0.1, 0.15) is 46.8 Å². The summed E-state index contributed by atoms with van der Waals surface area (Å²) in [6, 6.07) is 0.114. The average Bonchev–Trinajstić information content (AvgIpc) is 3.14. The number of anilines is 1. The van der Waals surface area contributed by atoms with Crippen molar-refractivity contribution in [1.82, 2.24) is 19.9 Å². The first-order valence-electron chi connectivity index (χ1n) is 12.5. The number of nitrogens with zero attached hydrogens (tertiary/aromatic N) is 5. The molecule has 5 heterocycles. The minimum absolute atomic E-state index is 0.0611. The minimum atomic E-state index is -2.16. The van der Waals surface area contributed by atoms with E-state index in [1.54, 1.807) is 6.20 Å². The first kappa shape index (κ1) is 18.9. The molecule has 2 aromatic rings. The van der Waals surface area contributed by atoms with E-state index in [0.29, 0.717) is 40.9 Å². The second-order valence-corrected chi connectivity index (χ2v) is 10.5. The van der Waals surface area contributed by atoms with Crippen LogP contribution in [0.2, 0.25) is 5.15 Å². The monoisotopic (exact) mass is 481 g/mol. The molecular weight excluding hydrogens is 452 g/mol. The number of rotatable bonds is 4. The molecule has 32 heavy (non-hydrogen) atoms. The predicted molar refractivity (Wildman–Crippen MR) is 124 cm³/mol. The molecule has 4 fully saturated rings. The Hall–Kier alpha value is -1.44. The summed E-state index contributed by atoms with van der Waals surface area (Å²) in [5, 5.41) is 1.14. The highest BCUT2D eigenvalue weighted by Gasteiger charge is 2.54. The topological polar surface area (TPSA) is 54.4 Å². The van der Waals surface area contributed by atoms with Crippen molar-refractivity contribution in [1.29, 1.82) is 0 Å². The number of aromatic nitrogens is 3. The fraction of sp³-hybridized carbons (Fsp3) is 0.696. The zero-order valence-electron chi connectivity index (χ0n) is 20.0. The maximum absolute atomic E-state index is 14.4. The average molecular weight is 482 g/mol. The summed E-state index contributed by atoms with van der Waals surface area (Å²) < 4.78 is 38.1. The van der Waals surface area contributed by atoms with Crippen LogP contribution >= 0.6 is 23.2 Å². The number of aryl methyl sites for hydroxylation is 1. The third kappa shape index (κ3) is 3.34. The highest BCUT2D eigenvalue weighted by molar-refractivity contribution is 6.31. The zero-order chi connectivity index (χ0) is 23.8. The lowest BCUT2D eigenvalue weighted by atomic mass is 9.95. The summed E-state index contributed by atoms with van der Waals surface area (Å²) in [5.74, 6) is 1.07. The van der Waals surface area contributed by atoms with E-state index in [1.165, 1.54) is 0 Å². The third-order valence-electron chi connectivity index (χ3n) is 7.66. The van der Waals surface area contributed by atoms with Gasteiger partial charge in [0.15, 0.2) is 0 Å². The van der Waals surface area contributed by atoms with Crippen molar-refractivity contribution in [3.8, 4) is 6.01 Å². The summed E-state index contributed by atoms with van der Waals surface area (Å²) in [5.41, 5.74) is 0.253. The van der Waals surface area contributed by atoms with Crippen LogP contribution in [0.5, 0.6) is 6.01 Å². The van der Waals surface area contributed by atoms with Gasteiger partial charge in [-0.1, -0.05) is 18.0 Å². The first-order chi connectivity index (χ1) is 16.2. The van der Waals surface area contributed by atoms with Crippen LogP contribution in [0.4, 0.5) is 10.2 Å². The molecule has 1 saturated carbocycles. The van der Waals surface area contributed by atoms with E-state index in [2.05, 4.69) is 14.9 Å². The number of alkyl halides is 2. The van der Waals surface area contributed by atoms with Crippen molar-refractivity contribution in [2.75, 3.05) is 31.1 Å². The lowest BCUT2D eigenvalue weighted by molar-refractivity contribution is 0.107. The van der Waals surface area contributed by atoms with E-state index in [1.807, 2.05) is 11.8 Å². The van der Waals surface area contributed by atoms with Crippen molar-refractivity contribution in [2.24, 2.45) is 5.92 Å². The summed E-state index contributed by atoms with van der Waals surface area (Å²) in [4.78, 5) is 17.8. The van der Waals surface area contributed by atoms with Gasteiger partial charge in [0.2, 0.25) is 0 Å². The van der Waals surface area contributed by atoms with Crippen LogP contribution in [0.25, 0.3) is 10.9 Å². The molecule has 2 aromatic heterocycles. The van der Waals surface area contributed by atoms with Gasteiger partial charge in [-0.2, -0.15) is 9.97 Å². The van der Waals surface area contributed by atoms with Crippen molar-refractivity contribution in [2.45, 2.75) is 68.6 Å². The SMILES string of the molecule is [2H]C([2H])(Oc1nc(N2CCCC[C@H]3[C@H](Cl)[C@H]32)c2cnc(Cl)c(C)c2n1)[C@@]12CCCN1C[C@H](F)C2. The van der Waals surface area contributed by atoms with Gasteiger partial charge in [-0.25, -0.2) is 9.37 Å². The van der Waals surface area contributed by atoms with Gasteiger partial charge in [0, 0.05) is 31.3 Å². The molecule has 3 saturated heterocycles. The fourth-order valence-electron chi connectivity index (χ4n) is 5.93. The van der Waals surface area contributed by atoms with Crippen molar-refractivity contribution < 1.29 is 11.9 Å². The molecule has 3 aliphatic heterocycles. The van der Waals surface area contributed by atoms with Crippen LogP contribution in [0.3, 0.4) is 0 Å². The Kier molecular flexibility index (Phi) is 4.62. The van der Waals surface area contributed by atoms with E-state index >= 15 is 0 Å². The lowest BCUT2D eigenvalue weighted by Crippen LogP contribution is -2.43. The Bertz CT molecular complexity index is 1140. The summed E-state index contributed by atoms with van der Waals surface area (Å²) in [6.45, 7) is 1.38.